The van der Waals surface area contributed by atoms with Crippen LogP contribution in [0.1, 0.15) is 12.8 Å². The number of hydrogen-bond donors (Lipinski definition) is 2. The summed E-state index contributed by atoms with van der Waals surface area (Å²) in [5, 5.41) is 12.5. The van der Waals surface area contributed by atoms with Crippen molar-refractivity contribution in [2.75, 3.05) is 43.1 Å². The van der Waals surface area contributed by atoms with Crippen molar-refractivity contribution in [1.29, 1.82) is 0 Å². The molecule has 2 N–H and O–H groups in total. The van der Waals surface area contributed by atoms with Crippen molar-refractivity contribution in [1.82, 2.24) is 4.90 Å². The van der Waals surface area contributed by atoms with Crippen LogP contribution in [0.3, 0.4) is 0 Å². The topological polar surface area (TPSA) is 82.1 Å². The van der Waals surface area contributed by atoms with Gasteiger partial charge in [-0.2, -0.15) is 0 Å². The Morgan fingerprint density at radius 1 is 1.26 bits per heavy atom. The van der Waals surface area contributed by atoms with Crippen molar-refractivity contribution in [2.45, 2.75) is 18.9 Å². The van der Waals surface area contributed by atoms with Gasteiger partial charge in [0, 0.05) is 30.9 Å². The Balaban J connectivity index is 1.61. The summed E-state index contributed by atoms with van der Waals surface area (Å²) in [4.78, 5) is 27.3. The van der Waals surface area contributed by atoms with E-state index in [2.05, 4.69) is 5.32 Å². The maximum atomic E-state index is 12.2. The minimum absolute atomic E-state index is 0.139. The van der Waals surface area contributed by atoms with Crippen LogP contribution in [0.15, 0.2) is 24.3 Å². The predicted molar refractivity (Wildman–Crippen MR) is 85.4 cm³/mol. The fraction of sp³-hybridized carbons (Fsp3) is 0.500. The monoisotopic (exact) mass is 319 g/mol. The van der Waals surface area contributed by atoms with Crippen molar-refractivity contribution >= 4 is 23.3 Å². The number of carbonyl (C=O) groups is 2. The Kier molecular flexibility index (Phi) is 4.78. The third kappa shape index (κ3) is 3.80. The average molecular weight is 319 g/mol. The number of amides is 3. The third-order valence-corrected chi connectivity index (χ3v) is 4.04. The number of benzene rings is 1. The Bertz CT molecular complexity index is 575. The molecular formula is C16H21N3O4. The Morgan fingerprint density at radius 3 is 2.74 bits per heavy atom. The molecular weight excluding hydrogens is 298 g/mol. The molecule has 0 bridgehead atoms. The highest BCUT2D eigenvalue weighted by molar-refractivity contribution is 5.96. The van der Waals surface area contributed by atoms with E-state index in [0.717, 1.165) is 18.7 Å². The molecule has 0 spiro atoms. The van der Waals surface area contributed by atoms with Crippen LogP contribution in [-0.4, -0.2) is 60.9 Å². The van der Waals surface area contributed by atoms with Gasteiger partial charge in [-0.3, -0.25) is 4.79 Å². The lowest BCUT2D eigenvalue weighted by atomic mass is 10.2. The maximum absolute atomic E-state index is 12.2. The number of aliphatic hydroxyl groups is 1. The van der Waals surface area contributed by atoms with Crippen LogP contribution in [0, 0.1) is 0 Å². The SMILES string of the molecule is O=C(Nc1ccc(N2CCCC2=O)cc1)N1CCOCC(O)C1. The van der Waals surface area contributed by atoms with Crippen LogP contribution in [0.4, 0.5) is 16.2 Å². The lowest BCUT2D eigenvalue weighted by Gasteiger charge is -2.22. The quantitative estimate of drug-likeness (QED) is 0.853. The Hall–Kier alpha value is -2.12. The molecule has 3 rings (SSSR count). The molecule has 2 heterocycles. The normalized spacial score (nSPS) is 22.1. The molecule has 7 heteroatoms. The van der Waals surface area contributed by atoms with Gasteiger partial charge in [0.1, 0.15) is 0 Å². The standard InChI is InChI=1S/C16H21N3O4/c20-14-10-18(8-9-23-11-14)16(22)17-12-3-5-13(6-4-12)19-7-1-2-15(19)21/h3-6,14,20H,1-2,7-11H2,(H,17,22). The number of nitrogens with zero attached hydrogens (tertiary/aromatic N) is 2. The van der Waals surface area contributed by atoms with E-state index in [0.29, 0.717) is 25.3 Å². The van der Waals surface area contributed by atoms with Crippen LogP contribution < -0.4 is 10.2 Å². The molecule has 2 saturated heterocycles. The first-order chi connectivity index (χ1) is 11.1. The van der Waals surface area contributed by atoms with Crippen LogP contribution in [0.25, 0.3) is 0 Å². The smallest absolute Gasteiger partial charge is 0.322 e. The summed E-state index contributed by atoms with van der Waals surface area (Å²) < 4.78 is 5.21. The summed E-state index contributed by atoms with van der Waals surface area (Å²) in [5.74, 6) is 0.139. The van der Waals surface area contributed by atoms with Gasteiger partial charge in [0.05, 0.1) is 25.9 Å². The highest BCUT2D eigenvalue weighted by atomic mass is 16.5. The Morgan fingerprint density at radius 2 is 2.04 bits per heavy atom. The first kappa shape index (κ1) is 15.8. The number of urea groups is 1. The number of nitrogens with one attached hydrogen (secondary N) is 1. The minimum Gasteiger partial charge on any atom is -0.389 e. The average Bonchev–Trinajstić information content (AvgIpc) is 2.84. The van der Waals surface area contributed by atoms with Gasteiger partial charge in [0.15, 0.2) is 0 Å². The van der Waals surface area contributed by atoms with Gasteiger partial charge < -0.3 is 25.0 Å². The van der Waals surface area contributed by atoms with E-state index in [4.69, 9.17) is 4.74 Å². The van der Waals surface area contributed by atoms with E-state index in [9.17, 15) is 14.7 Å². The fourth-order valence-electron chi connectivity index (χ4n) is 2.83. The summed E-state index contributed by atoms with van der Waals surface area (Å²) in [6, 6.07) is 6.96. The number of aliphatic hydroxyl groups excluding tert-OH is 1. The van der Waals surface area contributed by atoms with E-state index < -0.39 is 6.10 Å². The number of carbonyl (C=O) groups excluding carboxylic acids is 2. The summed E-state index contributed by atoms with van der Waals surface area (Å²) >= 11 is 0. The second-order valence-corrected chi connectivity index (χ2v) is 5.80. The molecule has 0 aliphatic carbocycles. The molecule has 23 heavy (non-hydrogen) atoms. The second kappa shape index (κ2) is 6.97. The summed E-state index contributed by atoms with van der Waals surface area (Å²) in [7, 11) is 0. The van der Waals surface area contributed by atoms with Gasteiger partial charge in [-0.05, 0) is 30.7 Å². The van der Waals surface area contributed by atoms with Crippen LogP contribution in [0.2, 0.25) is 0 Å². The lowest BCUT2D eigenvalue weighted by Crippen LogP contribution is -2.40. The van der Waals surface area contributed by atoms with Crippen LogP contribution in [-0.2, 0) is 9.53 Å². The molecule has 2 fully saturated rings. The van der Waals surface area contributed by atoms with Gasteiger partial charge in [-0.1, -0.05) is 0 Å². The van der Waals surface area contributed by atoms with Gasteiger partial charge >= 0.3 is 6.03 Å². The molecule has 0 aromatic heterocycles. The van der Waals surface area contributed by atoms with Crippen LogP contribution in [0.5, 0.6) is 0 Å². The molecule has 0 saturated carbocycles. The van der Waals surface area contributed by atoms with Gasteiger partial charge in [0.25, 0.3) is 0 Å². The zero-order valence-electron chi connectivity index (χ0n) is 12.9. The molecule has 3 amide bonds. The zero-order chi connectivity index (χ0) is 16.2. The molecule has 0 radical (unpaired) electrons. The number of rotatable bonds is 2. The third-order valence-electron chi connectivity index (χ3n) is 4.04. The first-order valence-corrected chi connectivity index (χ1v) is 7.85. The number of hydrogen-bond acceptors (Lipinski definition) is 4. The minimum atomic E-state index is -0.660. The zero-order valence-corrected chi connectivity index (χ0v) is 12.9. The van der Waals surface area contributed by atoms with E-state index in [1.165, 1.54) is 4.90 Å². The molecule has 2 aliphatic heterocycles. The first-order valence-electron chi connectivity index (χ1n) is 7.85. The molecule has 2 aliphatic rings. The van der Waals surface area contributed by atoms with E-state index in [1.54, 1.807) is 17.0 Å². The van der Waals surface area contributed by atoms with Crippen molar-refractivity contribution < 1.29 is 19.4 Å². The predicted octanol–water partition coefficient (Wildman–Crippen LogP) is 1.04. The van der Waals surface area contributed by atoms with Gasteiger partial charge in [0.2, 0.25) is 5.91 Å². The lowest BCUT2D eigenvalue weighted by molar-refractivity contribution is -0.117. The second-order valence-electron chi connectivity index (χ2n) is 5.80. The highest BCUT2D eigenvalue weighted by Crippen LogP contribution is 2.23. The molecule has 1 atom stereocenters. The molecule has 1 aromatic carbocycles. The molecule has 1 aromatic rings. The van der Waals surface area contributed by atoms with Crippen molar-refractivity contribution in [3.63, 3.8) is 0 Å². The maximum Gasteiger partial charge on any atom is 0.322 e. The molecule has 124 valence electrons. The fourth-order valence-corrected chi connectivity index (χ4v) is 2.83. The van der Waals surface area contributed by atoms with E-state index in [-0.39, 0.29) is 25.1 Å². The number of β-amino-alcohol motifs (C(OH)–C–C–N with tert-alkyl or cyclic N) is 1. The molecule has 7 nitrogen and oxygen atoms in total. The largest absolute Gasteiger partial charge is 0.389 e. The summed E-state index contributed by atoms with van der Waals surface area (Å²) in [6.07, 6.45) is 0.820. The number of ether oxygens (including phenoxy) is 1. The Labute approximate surface area is 134 Å². The summed E-state index contributed by atoms with van der Waals surface area (Å²) in [5.41, 5.74) is 1.51. The van der Waals surface area contributed by atoms with E-state index in [1.807, 2.05) is 12.1 Å². The van der Waals surface area contributed by atoms with E-state index >= 15 is 0 Å². The van der Waals surface area contributed by atoms with Crippen molar-refractivity contribution in [3.8, 4) is 0 Å². The van der Waals surface area contributed by atoms with Gasteiger partial charge in [-0.15, -0.1) is 0 Å². The highest BCUT2D eigenvalue weighted by Gasteiger charge is 2.22. The van der Waals surface area contributed by atoms with Crippen molar-refractivity contribution in [3.05, 3.63) is 24.3 Å². The van der Waals surface area contributed by atoms with Gasteiger partial charge in [-0.25, -0.2) is 4.79 Å². The number of anilines is 2. The summed E-state index contributed by atoms with van der Waals surface area (Å²) in [6.45, 7) is 2.12. The molecule has 1 unspecified atom stereocenters. The van der Waals surface area contributed by atoms with Crippen LogP contribution >= 0.6 is 0 Å². The van der Waals surface area contributed by atoms with Crippen molar-refractivity contribution in [2.24, 2.45) is 0 Å².